The van der Waals surface area contributed by atoms with Crippen molar-refractivity contribution in [3.05, 3.63) is 60.2 Å². The van der Waals surface area contributed by atoms with E-state index in [9.17, 15) is 4.79 Å². The number of rotatable bonds is 7. The minimum atomic E-state index is 0.0720. The summed E-state index contributed by atoms with van der Waals surface area (Å²) in [5.41, 5.74) is 3.31. The van der Waals surface area contributed by atoms with Crippen LogP contribution in [0, 0.1) is 5.92 Å². The van der Waals surface area contributed by atoms with E-state index in [4.69, 9.17) is 0 Å². The van der Waals surface area contributed by atoms with Crippen molar-refractivity contribution < 1.29 is 4.79 Å². The molecule has 128 valence electrons. The Balaban J connectivity index is 2.07. The van der Waals surface area contributed by atoms with Gasteiger partial charge < -0.3 is 10.2 Å². The highest BCUT2D eigenvalue weighted by Crippen LogP contribution is 2.22. The van der Waals surface area contributed by atoms with Crippen molar-refractivity contribution in [2.24, 2.45) is 5.92 Å². The quantitative estimate of drug-likeness (QED) is 0.769. The molecule has 24 heavy (non-hydrogen) atoms. The molecule has 2 rings (SSSR count). The Morgan fingerprint density at radius 2 is 1.58 bits per heavy atom. The van der Waals surface area contributed by atoms with Gasteiger partial charge >= 0.3 is 0 Å². The SMILES string of the molecule is CC(C)CC(=O)Nc1ccc(N(Cc2ccccc2)C(C)C)cc1. The van der Waals surface area contributed by atoms with Crippen LogP contribution in [0.3, 0.4) is 0 Å². The smallest absolute Gasteiger partial charge is 0.224 e. The van der Waals surface area contributed by atoms with Gasteiger partial charge in [0.15, 0.2) is 0 Å². The van der Waals surface area contributed by atoms with Crippen LogP contribution in [0.5, 0.6) is 0 Å². The number of amides is 1. The Morgan fingerprint density at radius 1 is 0.958 bits per heavy atom. The summed E-state index contributed by atoms with van der Waals surface area (Å²) >= 11 is 0. The van der Waals surface area contributed by atoms with Gasteiger partial charge in [0.1, 0.15) is 0 Å². The Hall–Kier alpha value is -2.29. The molecular formula is C21H28N2O. The van der Waals surface area contributed by atoms with E-state index in [-0.39, 0.29) is 5.91 Å². The highest BCUT2D eigenvalue weighted by Gasteiger charge is 2.12. The molecule has 1 amide bonds. The second-order valence-electron chi connectivity index (χ2n) is 6.90. The van der Waals surface area contributed by atoms with E-state index in [2.05, 4.69) is 60.5 Å². The molecule has 1 N–H and O–H groups in total. The number of hydrogen-bond acceptors (Lipinski definition) is 2. The van der Waals surface area contributed by atoms with E-state index in [1.807, 2.05) is 32.0 Å². The fourth-order valence-corrected chi connectivity index (χ4v) is 2.67. The van der Waals surface area contributed by atoms with Crippen molar-refractivity contribution in [1.29, 1.82) is 0 Å². The molecule has 0 saturated heterocycles. The zero-order valence-electron chi connectivity index (χ0n) is 15.1. The maximum absolute atomic E-state index is 11.9. The first-order chi connectivity index (χ1) is 11.5. The molecule has 0 atom stereocenters. The lowest BCUT2D eigenvalue weighted by atomic mass is 10.1. The fourth-order valence-electron chi connectivity index (χ4n) is 2.67. The van der Waals surface area contributed by atoms with Crippen molar-refractivity contribution in [2.75, 3.05) is 10.2 Å². The Kier molecular flexibility index (Phi) is 6.42. The highest BCUT2D eigenvalue weighted by molar-refractivity contribution is 5.91. The first kappa shape index (κ1) is 18.1. The average molecular weight is 324 g/mol. The minimum absolute atomic E-state index is 0.0720. The van der Waals surface area contributed by atoms with Crippen molar-refractivity contribution in [2.45, 2.75) is 46.7 Å². The summed E-state index contributed by atoms with van der Waals surface area (Å²) in [6.45, 7) is 9.36. The molecular weight excluding hydrogens is 296 g/mol. The third-order valence-corrected chi connectivity index (χ3v) is 3.90. The Labute approximate surface area is 145 Å². The lowest BCUT2D eigenvalue weighted by molar-refractivity contribution is -0.116. The molecule has 0 bridgehead atoms. The first-order valence-corrected chi connectivity index (χ1v) is 8.66. The van der Waals surface area contributed by atoms with Crippen LogP contribution < -0.4 is 10.2 Å². The predicted molar refractivity (Wildman–Crippen MR) is 102 cm³/mol. The van der Waals surface area contributed by atoms with Crippen LogP contribution in [0.15, 0.2) is 54.6 Å². The largest absolute Gasteiger partial charge is 0.365 e. The lowest BCUT2D eigenvalue weighted by Crippen LogP contribution is -2.30. The number of benzene rings is 2. The topological polar surface area (TPSA) is 32.3 Å². The van der Waals surface area contributed by atoms with Crippen LogP contribution in [0.25, 0.3) is 0 Å². The molecule has 3 heteroatoms. The fraction of sp³-hybridized carbons (Fsp3) is 0.381. The molecule has 3 nitrogen and oxygen atoms in total. The van der Waals surface area contributed by atoms with E-state index >= 15 is 0 Å². The van der Waals surface area contributed by atoms with E-state index in [0.717, 1.165) is 17.9 Å². The maximum Gasteiger partial charge on any atom is 0.224 e. The zero-order valence-corrected chi connectivity index (χ0v) is 15.1. The van der Waals surface area contributed by atoms with Gasteiger partial charge in [-0.05, 0) is 49.6 Å². The second kappa shape index (κ2) is 8.53. The number of nitrogens with zero attached hydrogens (tertiary/aromatic N) is 1. The van der Waals surface area contributed by atoms with Crippen LogP contribution in [0.2, 0.25) is 0 Å². The van der Waals surface area contributed by atoms with Gasteiger partial charge in [-0.25, -0.2) is 0 Å². The van der Waals surface area contributed by atoms with Gasteiger partial charge in [0, 0.05) is 30.4 Å². The average Bonchev–Trinajstić information content (AvgIpc) is 2.53. The molecule has 0 aromatic heterocycles. The molecule has 2 aromatic rings. The normalized spacial score (nSPS) is 10.9. The van der Waals surface area contributed by atoms with Crippen molar-refractivity contribution in [3.63, 3.8) is 0 Å². The molecule has 0 heterocycles. The van der Waals surface area contributed by atoms with Gasteiger partial charge in [-0.15, -0.1) is 0 Å². The molecule has 2 aromatic carbocycles. The third kappa shape index (κ3) is 5.41. The summed E-state index contributed by atoms with van der Waals surface area (Å²) < 4.78 is 0. The van der Waals surface area contributed by atoms with Gasteiger partial charge in [-0.2, -0.15) is 0 Å². The van der Waals surface area contributed by atoms with E-state index in [1.165, 1.54) is 5.56 Å². The maximum atomic E-state index is 11.9. The van der Waals surface area contributed by atoms with E-state index in [0.29, 0.717) is 18.4 Å². The molecule has 0 spiro atoms. The van der Waals surface area contributed by atoms with Gasteiger partial charge in [0.05, 0.1) is 0 Å². The molecule has 0 fully saturated rings. The minimum Gasteiger partial charge on any atom is -0.365 e. The van der Waals surface area contributed by atoms with Crippen LogP contribution in [-0.2, 0) is 11.3 Å². The number of hydrogen-bond donors (Lipinski definition) is 1. The summed E-state index contributed by atoms with van der Waals surface area (Å²) in [6.07, 6.45) is 0.549. The van der Waals surface area contributed by atoms with Gasteiger partial charge in [-0.1, -0.05) is 44.2 Å². The van der Waals surface area contributed by atoms with Crippen LogP contribution in [0.4, 0.5) is 11.4 Å². The Morgan fingerprint density at radius 3 is 2.12 bits per heavy atom. The number of anilines is 2. The van der Waals surface area contributed by atoms with Crippen molar-refractivity contribution in [3.8, 4) is 0 Å². The molecule has 0 aliphatic heterocycles. The summed E-state index contributed by atoms with van der Waals surface area (Å²) in [5.74, 6) is 0.439. The van der Waals surface area contributed by atoms with Gasteiger partial charge in [0.2, 0.25) is 5.91 Å². The highest BCUT2D eigenvalue weighted by atomic mass is 16.1. The lowest BCUT2D eigenvalue weighted by Gasteiger charge is -2.29. The van der Waals surface area contributed by atoms with Crippen LogP contribution >= 0.6 is 0 Å². The monoisotopic (exact) mass is 324 g/mol. The van der Waals surface area contributed by atoms with E-state index < -0.39 is 0 Å². The van der Waals surface area contributed by atoms with Crippen LogP contribution in [-0.4, -0.2) is 11.9 Å². The zero-order chi connectivity index (χ0) is 17.5. The standard InChI is InChI=1S/C21H28N2O/c1-16(2)14-21(24)22-19-10-12-20(13-11-19)23(17(3)4)15-18-8-6-5-7-9-18/h5-13,16-17H,14-15H2,1-4H3,(H,22,24). The molecule has 0 saturated carbocycles. The van der Waals surface area contributed by atoms with E-state index in [1.54, 1.807) is 0 Å². The first-order valence-electron chi connectivity index (χ1n) is 8.66. The second-order valence-corrected chi connectivity index (χ2v) is 6.90. The third-order valence-electron chi connectivity index (χ3n) is 3.90. The number of nitrogens with one attached hydrogen (secondary N) is 1. The van der Waals surface area contributed by atoms with Crippen molar-refractivity contribution in [1.82, 2.24) is 0 Å². The van der Waals surface area contributed by atoms with Gasteiger partial charge in [0.25, 0.3) is 0 Å². The Bertz CT molecular complexity index is 633. The molecule has 0 aliphatic rings. The van der Waals surface area contributed by atoms with Gasteiger partial charge in [-0.3, -0.25) is 4.79 Å². The molecule has 0 unspecified atom stereocenters. The van der Waals surface area contributed by atoms with Crippen LogP contribution in [0.1, 0.15) is 39.7 Å². The summed E-state index contributed by atoms with van der Waals surface area (Å²) in [5, 5.41) is 2.96. The molecule has 0 radical (unpaired) electrons. The summed E-state index contributed by atoms with van der Waals surface area (Å²) in [7, 11) is 0. The summed E-state index contributed by atoms with van der Waals surface area (Å²) in [4.78, 5) is 14.2. The predicted octanol–water partition coefficient (Wildman–Crippen LogP) is 5.09. The summed E-state index contributed by atoms with van der Waals surface area (Å²) in [6, 6.07) is 19.0. The van der Waals surface area contributed by atoms with Crippen molar-refractivity contribution >= 4 is 17.3 Å². The molecule has 0 aliphatic carbocycles. The number of carbonyl (C=O) groups is 1. The number of carbonyl (C=O) groups excluding carboxylic acids is 1.